The molecule has 0 aromatic rings. The number of rotatable bonds is 15. The van der Waals surface area contributed by atoms with E-state index >= 15 is 37.5 Å². The lowest BCUT2D eigenvalue weighted by Crippen LogP contribution is -2.68. The van der Waals surface area contributed by atoms with Gasteiger partial charge in [-0.25, -0.2) is 8.78 Å². The van der Waals surface area contributed by atoms with Crippen LogP contribution in [-0.2, 0) is 57.5 Å². The molecule has 6 fully saturated rings. The first-order chi connectivity index (χ1) is 49.7. The van der Waals surface area contributed by atoms with Crippen LogP contribution < -0.4 is 16.0 Å². The van der Waals surface area contributed by atoms with Crippen LogP contribution in [0.2, 0.25) is 0 Å². The molecule has 4 aliphatic carbocycles. The molecule has 3 heterocycles. The third-order valence-corrected chi connectivity index (χ3v) is 24.2. The Labute approximate surface area is 619 Å². The van der Waals surface area contributed by atoms with Gasteiger partial charge in [0.05, 0.1) is 25.1 Å². The van der Waals surface area contributed by atoms with Crippen LogP contribution in [0.15, 0.2) is 12.2 Å². The first kappa shape index (κ1) is 86.5. The highest BCUT2D eigenvalue weighted by Crippen LogP contribution is 2.46. The van der Waals surface area contributed by atoms with Crippen molar-refractivity contribution in [3.8, 4) is 0 Å². The summed E-state index contributed by atoms with van der Waals surface area (Å²) in [6.07, 6.45) is -12.0. The highest BCUT2D eigenvalue weighted by molar-refractivity contribution is 6.00. The number of hydrogen-bond donors (Lipinski definition) is 3. The smallest absolute Gasteiger partial charge is 0.377 e. The van der Waals surface area contributed by atoms with Gasteiger partial charge in [-0.15, -0.1) is 0 Å². The maximum Gasteiger partial charge on any atom is 0.397 e. The zero-order valence-corrected chi connectivity index (χ0v) is 64.2. The van der Waals surface area contributed by atoms with Crippen LogP contribution >= 0.6 is 0 Å². The first-order valence-electron chi connectivity index (χ1n) is 38.5. The molecule has 23 nitrogen and oxygen atoms in total. The molecule has 2 saturated heterocycles. The maximum absolute atomic E-state index is 15.5. The van der Waals surface area contributed by atoms with Crippen molar-refractivity contribution < 1.29 is 92.6 Å². The van der Waals surface area contributed by atoms with Gasteiger partial charge in [0.2, 0.25) is 65.0 Å². The van der Waals surface area contributed by atoms with Gasteiger partial charge in [0.15, 0.2) is 0 Å². The van der Waals surface area contributed by atoms with Gasteiger partial charge in [0.1, 0.15) is 66.1 Å². The molecule has 0 aromatic heterocycles. The van der Waals surface area contributed by atoms with Gasteiger partial charge in [-0.1, -0.05) is 85.8 Å². The van der Waals surface area contributed by atoms with E-state index in [0.29, 0.717) is 25.7 Å². The largest absolute Gasteiger partial charge is 0.397 e. The molecule has 600 valence electrons. The Morgan fingerprint density at radius 1 is 0.585 bits per heavy atom. The van der Waals surface area contributed by atoms with Gasteiger partial charge in [-0.3, -0.25) is 52.7 Å². The van der Waals surface area contributed by atoms with Crippen LogP contribution in [-0.4, -0.2) is 264 Å². The number of halogens is 8. The van der Waals surface area contributed by atoms with Crippen LogP contribution in [0, 0.1) is 47.3 Å². The van der Waals surface area contributed by atoms with Crippen LogP contribution in [0.25, 0.3) is 0 Å². The quantitative estimate of drug-likeness (QED) is 0.104. The Bertz CT molecular complexity index is 3110. The number of alkyl halides is 8. The fraction of sp³-hybridized carbons (Fsp3) is 0.827. The second-order valence-corrected chi connectivity index (χ2v) is 31.8. The maximum atomic E-state index is 15.5. The summed E-state index contributed by atoms with van der Waals surface area (Å²) in [5.41, 5.74) is -1.63. The van der Waals surface area contributed by atoms with Crippen LogP contribution in [0.3, 0.4) is 0 Å². The molecule has 11 amide bonds. The number of nitrogens with one attached hydrogen (secondary N) is 3. The predicted octanol–water partition coefficient (Wildman–Crippen LogP) is 7.92. The van der Waals surface area contributed by atoms with E-state index < -0.39 is 218 Å². The van der Waals surface area contributed by atoms with Crippen molar-refractivity contribution in [2.45, 2.75) is 274 Å². The SMILES string of the molecule is CCO[C@@H]1C[C@H]2C(=O)NC3(CCC3)C(=O)N(C)[C@@H](C(CC)CC)C(=O)N(C)[C@@H](C(C)C)CC(=O)N(C)[C@@H](CC3CC3)C(=O)N[C@@H]([C@@H](C)CC)C(=O)N(C)CC(=O)N(C)[C@H]3C/C=C\CCN(C3=O)[C@@H](CC3CCC(C(F)(F)F)CC3)C(=O)N(C)CC(=O)N[C@@H](CCC3CC(F)C(C(F)(F)F)C(F)C3)C(=O)N2C1. The summed E-state index contributed by atoms with van der Waals surface area (Å²) in [5, 5.41) is 8.53. The number of hydrogen-bond acceptors (Lipinski definition) is 12. The number of amides is 11. The molecule has 3 N–H and O–H groups in total. The summed E-state index contributed by atoms with van der Waals surface area (Å²) in [6, 6.07) is -10.2. The van der Waals surface area contributed by atoms with Gasteiger partial charge in [-0.05, 0) is 139 Å². The number of carbonyl (C=O) groups is 11. The van der Waals surface area contributed by atoms with E-state index in [1.165, 1.54) is 54.8 Å². The highest BCUT2D eigenvalue weighted by atomic mass is 19.4. The van der Waals surface area contributed by atoms with E-state index in [4.69, 9.17) is 4.74 Å². The van der Waals surface area contributed by atoms with Crippen LogP contribution in [0.5, 0.6) is 0 Å². The van der Waals surface area contributed by atoms with Crippen molar-refractivity contribution in [2.75, 3.05) is 75.1 Å². The Morgan fingerprint density at radius 2 is 1.18 bits per heavy atom. The molecule has 12 atom stereocenters. The van der Waals surface area contributed by atoms with Crippen molar-refractivity contribution >= 4 is 65.0 Å². The van der Waals surface area contributed by atoms with E-state index in [1.807, 2.05) is 34.6 Å². The number of likely N-dealkylation sites (N-methyl/N-ethyl adjacent to an activating group) is 6. The minimum atomic E-state index is -5.20. The average molecular weight is 1520 g/mol. The summed E-state index contributed by atoms with van der Waals surface area (Å²) in [4.78, 5) is 176. The topological polar surface area (TPSA) is 259 Å². The van der Waals surface area contributed by atoms with E-state index in [2.05, 4.69) is 16.0 Å². The minimum Gasteiger partial charge on any atom is -0.377 e. The summed E-state index contributed by atoms with van der Waals surface area (Å²) >= 11 is 0. The van der Waals surface area contributed by atoms with Crippen LogP contribution in [0.1, 0.15) is 190 Å². The second kappa shape index (κ2) is 37.1. The summed E-state index contributed by atoms with van der Waals surface area (Å²) in [5.74, 6) is -15.4. The summed E-state index contributed by atoms with van der Waals surface area (Å²) < 4.78 is 121. The van der Waals surface area contributed by atoms with Crippen molar-refractivity contribution in [1.29, 1.82) is 0 Å². The average Bonchev–Trinajstić information content (AvgIpc) is 1.06. The van der Waals surface area contributed by atoms with Gasteiger partial charge in [-0.2, -0.15) is 26.3 Å². The van der Waals surface area contributed by atoms with Crippen molar-refractivity contribution in [2.24, 2.45) is 47.3 Å². The lowest BCUT2D eigenvalue weighted by molar-refractivity contribution is -0.219. The van der Waals surface area contributed by atoms with Crippen molar-refractivity contribution in [3.63, 3.8) is 0 Å². The number of fused-ring (bicyclic) bond motifs is 3. The summed E-state index contributed by atoms with van der Waals surface area (Å²) in [6.45, 7) is 10.9. The molecule has 7 aliphatic rings. The lowest BCUT2D eigenvalue weighted by atomic mass is 9.74. The monoisotopic (exact) mass is 1520 g/mol. The second-order valence-electron chi connectivity index (χ2n) is 31.8. The molecule has 31 heteroatoms. The Morgan fingerprint density at radius 3 is 1.72 bits per heavy atom. The van der Waals surface area contributed by atoms with Gasteiger partial charge in [0.25, 0.3) is 0 Å². The predicted molar refractivity (Wildman–Crippen MR) is 377 cm³/mol. The molecule has 7 rings (SSSR count). The molecule has 0 radical (unpaired) electrons. The summed E-state index contributed by atoms with van der Waals surface area (Å²) in [7, 11) is 8.47. The van der Waals surface area contributed by atoms with E-state index in [1.54, 1.807) is 33.0 Å². The van der Waals surface area contributed by atoms with Crippen LogP contribution in [0.4, 0.5) is 35.1 Å². The Kier molecular flexibility index (Phi) is 30.3. The van der Waals surface area contributed by atoms with Gasteiger partial charge >= 0.3 is 12.4 Å². The zero-order chi connectivity index (χ0) is 78.8. The number of nitrogens with zero attached hydrogens (tertiary/aromatic N) is 8. The molecule has 2 unspecified atom stereocenters. The molecule has 0 aromatic carbocycles. The third-order valence-electron chi connectivity index (χ3n) is 24.2. The van der Waals surface area contributed by atoms with Gasteiger partial charge < -0.3 is 59.9 Å². The zero-order valence-electron chi connectivity index (χ0n) is 64.2. The first-order valence-corrected chi connectivity index (χ1v) is 38.5. The van der Waals surface area contributed by atoms with Crippen molar-refractivity contribution in [3.05, 3.63) is 12.2 Å². The highest BCUT2D eigenvalue weighted by Gasteiger charge is 2.56. The number of ether oxygens (including phenoxy) is 1. The van der Waals surface area contributed by atoms with Crippen molar-refractivity contribution in [1.82, 2.24) is 55.1 Å². The standard InChI is InChI=1S/C75H117F8N11O12/c1-14-44(7)63-70(103)88(9)42-61(97)89(10)54-22-19-18-20-33-93(69(54)102)58(37-46-25-28-49(29-26-46)74(78,79)80)68(101)87(8)41-59(95)84-53(30-27-47-34-51(76)62(52(77)35-47)75(81,82)83)67(100)94-40-50(106-17-4)38-57(94)66(99)86-73(31-21-32-73)72(105)92(13)64(48(15-2)16-3)71(104)91(12)55(43(5)6)39-60(96)90(11)56(65(98)85-63)36-45-23-24-45/h18-19,43-58,62-64H,14-17,20-42H2,1-13H3,(H,84,95)(H,85,98)(H,86,99)/b19-18-/t44-,46?,47?,49?,50+,51?,52?,53-,54-,55+,56-,57-,58-,62?,63-,64-/m0/s1. The van der Waals surface area contributed by atoms with E-state index in [9.17, 15) is 50.3 Å². The normalized spacial score (nSPS) is 32.3. The molecular formula is C75H117F8N11O12. The number of carbonyl (C=O) groups excluding carboxylic acids is 11. The molecule has 4 saturated carbocycles. The molecule has 1 spiro atoms. The lowest BCUT2D eigenvalue weighted by Gasteiger charge is -2.47. The molecule has 106 heavy (non-hydrogen) atoms. The fourth-order valence-corrected chi connectivity index (χ4v) is 16.8. The van der Waals surface area contributed by atoms with Gasteiger partial charge in [0, 0.05) is 80.9 Å². The third kappa shape index (κ3) is 21.0. The molecule has 3 aliphatic heterocycles. The molecular weight excluding hydrogens is 1400 g/mol. The molecule has 2 bridgehead atoms. The fourth-order valence-electron chi connectivity index (χ4n) is 16.8. The van der Waals surface area contributed by atoms with E-state index in [-0.39, 0.29) is 115 Å². The Balaban J connectivity index is 1.31. The Hall–Kier alpha value is -6.69. The minimum absolute atomic E-state index is 0.00861. The van der Waals surface area contributed by atoms with E-state index in [0.717, 1.165) is 32.4 Å².